The highest BCUT2D eigenvalue weighted by atomic mass is 16.5. The lowest BCUT2D eigenvalue weighted by Crippen LogP contribution is -2.30. The SMILES string of the molecule is COc1cc(-c2noc(C(C)NC(=O)CC(C)(C)C)n2)cc(OC)c1OC. The molecule has 0 bridgehead atoms. The van der Waals surface area contributed by atoms with Crippen LogP contribution >= 0.6 is 0 Å². The van der Waals surface area contributed by atoms with Crippen LogP contribution in [-0.2, 0) is 4.79 Å². The molecule has 1 aromatic heterocycles. The molecule has 0 fully saturated rings. The molecular formula is C19H27N3O5. The Bertz CT molecular complexity index is 770. The van der Waals surface area contributed by atoms with Gasteiger partial charge in [0.2, 0.25) is 23.4 Å². The van der Waals surface area contributed by atoms with Gasteiger partial charge in [0.1, 0.15) is 6.04 Å². The fourth-order valence-corrected chi connectivity index (χ4v) is 2.57. The molecule has 1 heterocycles. The molecule has 1 aromatic carbocycles. The Morgan fingerprint density at radius 2 is 1.74 bits per heavy atom. The summed E-state index contributed by atoms with van der Waals surface area (Å²) in [5, 5.41) is 6.88. The van der Waals surface area contributed by atoms with E-state index in [9.17, 15) is 4.79 Å². The van der Waals surface area contributed by atoms with Gasteiger partial charge in [0.05, 0.1) is 21.3 Å². The van der Waals surface area contributed by atoms with E-state index in [0.29, 0.717) is 40.9 Å². The first-order valence-electron chi connectivity index (χ1n) is 8.62. The third-order valence-corrected chi connectivity index (χ3v) is 3.80. The van der Waals surface area contributed by atoms with Crippen molar-refractivity contribution >= 4 is 5.91 Å². The summed E-state index contributed by atoms with van der Waals surface area (Å²) in [6, 6.07) is 3.07. The van der Waals surface area contributed by atoms with Crippen LogP contribution in [-0.4, -0.2) is 37.4 Å². The van der Waals surface area contributed by atoms with E-state index < -0.39 is 6.04 Å². The van der Waals surface area contributed by atoms with Gasteiger partial charge in [-0.1, -0.05) is 25.9 Å². The molecule has 0 saturated carbocycles. The maximum absolute atomic E-state index is 12.1. The standard InChI is InChI=1S/C19H27N3O5/c1-11(20-15(23)10-19(2,3)4)18-21-17(22-27-18)12-8-13(24-5)16(26-7)14(9-12)25-6/h8-9,11H,10H2,1-7H3,(H,20,23). The molecule has 1 atom stereocenters. The van der Waals surface area contributed by atoms with Crippen LogP contribution in [0.15, 0.2) is 16.7 Å². The van der Waals surface area contributed by atoms with Crippen LogP contribution < -0.4 is 19.5 Å². The van der Waals surface area contributed by atoms with Crippen LogP contribution in [0.5, 0.6) is 17.2 Å². The van der Waals surface area contributed by atoms with Gasteiger partial charge in [0.15, 0.2) is 11.5 Å². The average Bonchev–Trinajstić information content (AvgIpc) is 3.08. The molecule has 1 amide bonds. The number of hydrogen-bond acceptors (Lipinski definition) is 7. The third-order valence-electron chi connectivity index (χ3n) is 3.80. The maximum atomic E-state index is 12.1. The summed E-state index contributed by atoms with van der Waals surface area (Å²) in [5.41, 5.74) is 0.549. The van der Waals surface area contributed by atoms with Crippen LogP contribution in [0.1, 0.15) is 46.0 Å². The Balaban J connectivity index is 2.23. The summed E-state index contributed by atoms with van der Waals surface area (Å²) >= 11 is 0. The van der Waals surface area contributed by atoms with Crippen molar-refractivity contribution in [2.45, 2.75) is 40.2 Å². The highest BCUT2D eigenvalue weighted by molar-refractivity contribution is 5.76. The molecule has 1 N–H and O–H groups in total. The van der Waals surface area contributed by atoms with Crippen LogP contribution in [0.25, 0.3) is 11.4 Å². The van der Waals surface area contributed by atoms with Gasteiger partial charge >= 0.3 is 0 Å². The van der Waals surface area contributed by atoms with Crippen molar-refractivity contribution in [2.24, 2.45) is 5.41 Å². The number of carbonyl (C=O) groups is 1. The Labute approximate surface area is 159 Å². The van der Waals surface area contributed by atoms with Gasteiger partial charge in [-0.3, -0.25) is 4.79 Å². The molecule has 0 spiro atoms. The Morgan fingerprint density at radius 1 is 1.15 bits per heavy atom. The van der Waals surface area contributed by atoms with E-state index in [2.05, 4.69) is 15.5 Å². The average molecular weight is 377 g/mol. The van der Waals surface area contributed by atoms with E-state index in [1.807, 2.05) is 20.8 Å². The van der Waals surface area contributed by atoms with Gasteiger partial charge in [-0.05, 0) is 24.5 Å². The Kier molecular flexibility index (Phi) is 6.30. The molecule has 0 aliphatic carbocycles. The molecule has 0 aliphatic rings. The summed E-state index contributed by atoms with van der Waals surface area (Å²) in [4.78, 5) is 16.5. The number of aromatic nitrogens is 2. The van der Waals surface area contributed by atoms with E-state index in [1.165, 1.54) is 21.3 Å². The second-order valence-corrected chi connectivity index (χ2v) is 7.40. The van der Waals surface area contributed by atoms with Crippen molar-refractivity contribution in [2.75, 3.05) is 21.3 Å². The molecule has 2 rings (SSSR count). The van der Waals surface area contributed by atoms with E-state index >= 15 is 0 Å². The van der Waals surface area contributed by atoms with Crippen molar-refractivity contribution in [1.29, 1.82) is 0 Å². The summed E-state index contributed by atoms with van der Waals surface area (Å²) in [6.07, 6.45) is 0.408. The minimum Gasteiger partial charge on any atom is -0.493 e. The highest BCUT2D eigenvalue weighted by Gasteiger charge is 2.22. The van der Waals surface area contributed by atoms with Crippen LogP contribution in [0, 0.1) is 5.41 Å². The number of rotatable bonds is 7. The monoisotopic (exact) mass is 377 g/mol. The van der Waals surface area contributed by atoms with E-state index in [-0.39, 0.29) is 11.3 Å². The van der Waals surface area contributed by atoms with Gasteiger partial charge in [0.25, 0.3) is 0 Å². The van der Waals surface area contributed by atoms with E-state index in [0.717, 1.165) is 0 Å². The normalized spacial score (nSPS) is 12.4. The van der Waals surface area contributed by atoms with E-state index in [1.54, 1.807) is 19.1 Å². The van der Waals surface area contributed by atoms with Crippen molar-refractivity contribution in [3.05, 3.63) is 18.0 Å². The molecule has 2 aromatic rings. The molecule has 0 radical (unpaired) electrons. The fraction of sp³-hybridized carbons (Fsp3) is 0.526. The lowest BCUT2D eigenvalue weighted by atomic mass is 9.92. The number of hydrogen-bond donors (Lipinski definition) is 1. The predicted molar refractivity (Wildman–Crippen MR) is 100 cm³/mol. The number of nitrogens with zero attached hydrogens (tertiary/aromatic N) is 2. The van der Waals surface area contributed by atoms with Crippen LogP contribution in [0.3, 0.4) is 0 Å². The minimum atomic E-state index is -0.400. The smallest absolute Gasteiger partial charge is 0.249 e. The molecule has 8 nitrogen and oxygen atoms in total. The predicted octanol–water partition coefficient (Wildman–Crippen LogP) is 3.38. The Morgan fingerprint density at radius 3 is 2.22 bits per heavy atom. The molecular weight excluding hydrogens is 350 g/mol. The van der Waals surface area contributed by atoms with Crippen molar-refractivity contribution < 1.29 is 23.5 Å². The summed E-state index contributed by atoms with van der Waals surface area (Å²) in [5.74, 6) is 2.08. The number of nitrogens with one attached hydrogen (secondary N) is 1. The summed E-state index contributed by atoms with van der Waals surface area (Å²) < 4.78 is 21.3. The first-order valence-corrected chi connectivity index (χ1v) is 8.62. The summed E-state index contributed by atoms with van der Waals surface area (Å²) in [6.45, 7) is 7.82. The van der Waals surface area contributed by atoms with Crippen LogP contribution in [0.4, 0.5) is 0 Å². The summed E-state index contributed by atoms with van der Waals surface area (Å²) in [7, 11) is 4.61. The van der Waals surface area contributed by atoms with Crippen molar-refractivity contribution in [3.8, 4) is 28.6 Å². The van der Waals surface area contributed by atoms with Crippen molar-refractivity contribution in [1.82, 2.24) is 15.5 Å². The zero-order valence-corrected chi connectivity index (χ0v) is 16.9. The number of benzene rings is 1. The number of carbonyl (C=O) groups excluding carboxylic acids is 1. The molecule has 27 heavy (non-hydrogen) atoms. The largest absolute Gasteiger partial charge is 0.493 e. The molecule has 0 saturated heterocycles. The van der Waals surface area contributed by atoms with Gasteiger partial charge in [-0.2, -0.15) is 4.98 Å². The van der Waals surface area contributed by atoms with Crippen LogP contribution in [0.2, 0.25) is 0 Å². The zero-order valence-electron chi connectivity index (χ0n) is 16.9. The first-order chi connectivity index (χ1) is 12.7. The topological polar surface area (TPSA) is 95.7 Å². The lowest BCUT2D eigenvalue weighted by Gasteiger charge is -2.18. The van der Waals surface area contributed by atoms with E-state index in [4.69, 9.17) is 18.7 Å². The molecule has 0 aliphatic heterocycles. The van der Waals surface area contributed by atoms with Crippen molar-refractivity contribution in [3.63, 3.8) is 0 Å². The fourth-order valence-electron chi connectivity index (χ4n) is 2.57. The quantitative estimate of drug-likeness (QED) is 0.790. The van der Waals surface area contributed by atoms with Gasteiger partial charge < -0.3 is 24.1 Å². The van der Waals surface area contributed by atoms with Gasteiger partial charge in [-0.15, -0.1) is 0 Å². The number of amides is 1. The maximum Gasteiger partial charge on any atom is 0.249 e. The number of methoxy groups -OCH3 is 3. The second kappa shape index (κ2) is 8.28. The zero-order chi connectivity index (χ0) is 20.2. The molecule has 148 valence electrons. The second-order valence-electron chi connectivity index (χ2n) is 7.40. The molecule has 8 heteroatoms. The minimum absolute atomic E-state index is 0.0671. The third kappa shape index (κ3) is 5.12. The molecule has 1 unspecified atom stereocenters. The number of ether oxygens (including phenoxy) is 3. The lowest BCUT2D eigenvalue weighted by molar-refractivity contribution is -0.123. The van der Waals surface area contributed by atoms with Gasteiger partial charge in [-0.25, -0.2) is 0 Å². The Hall–Kier alpha value is -2.77. The highest BCUT2D eigenvalue weighted by Crippen LogP contribution is 2.40. The first kappa shape index (κ1) is 20.5. The van der Waals surface area contributed by atoms with Gasteiger partial charge in [0, 0.05) is 12.0 Å².